The van der Waals surface area contributed by atoms with Gasteiger partial charge < -0.3 is 9.94 Å². The third-order valence-corrected chi connectivity index (χ3v) is 4.09. The summed E-state index contributed by atoms with van der Waals surface area (Å²) in [4.78, 5) is 21.1. The van der Waals surface area contributed by atoms with E-state index >= 15 is 0 Å². The highest BCUT2D eigenvalue weighted by Crippen LogP contribution is 2.29. The summed E-state index contributed by atoms with van der Waals surface area (Å²) in [5, 5.41) is 16.8. The zero-order valence-electron chi connectivity index (χ0n) is 14.8. The van der Waals surface area contributed by atoms with Gasteiger partial charge in [-0.25, -0.2) is 9.79 Å². The molecule has 2 aromatic rings. The fourth-order valence-corrected chi connectivity index (χ4v) is 2.86. The summed E-state index contributed by atoms with van der Waals surface area (Å²) in [6, 6.07) is 9.71. The minimum absolute atomic E-state index is 0.0799. The number of esters is 1. The molecule has 0 aliphatic carbocycles. The summed E-state index contributed by atoms with van der Waals surface area (Å²) in [5.74, 6) is -0.217. The van der Waals surface area contributed by atoms with Crippen molar-refractivity contribution in [1.29, 1.82) is 0 Å². The molecule has 0 saturated carbocycles. The van der Waals surface area contributed by atoms with E-state index in [1.807, 2.05) is 37.3 Å². The van der Waals surface area contributed by atoms with E-state index in [-0.39, 0.29) is 18.0 Å². The molecule has 0 spiro atoms. The lowest BCUT2D eigenvalue weighted by Crippen LogP contribution is -2.27. The Balaban J connectivity index is 2.22. The Hall–Kier alpha value is -3.29. The number of hydrogen-bond acceptors (Lipinski definition) is 7. The molecule has 8 nitrogen and oxygen atoms in total. The smallest absolute Gasteiger partial charge is 0.362 e. The molecule has 0 fully saturated rings. The van der Waals surface area contributed by atoms with Gasteiger partial charge in [-0.1, -0.05) is 42.4 Å². The Morgan fingerprint density at radius 1 is 1.35 bits per heavy atom. The van der Waals surface area contributed by atoms with Gasteiger partial charge >= 0.3 is 5.97 Å². The van der Waals surface area contributed by atoms with Gasteiger partial charge in [0.25, 0.3) is 0 Å². The number of benzene rings is 1. The molecule has 0 radical (unpaired) electrons. The topological polar surface area (TPSA) is 101 Å². The zero-order chi connectivity index (χ0) is 18.7. The van der Waals surface area contributed by atoms with Crippen LogP contribution in [0.5, 0.6) is 0 Å². The van der Waals surface area contributed by atoms with E-state index in [1.165, 1.54) is 7.11 Å². The van der Waals surface area contributed by atoms with Crippen LogP contribution in [-0.4, -0.2) is 51.7 Å². The van der Waals surface area contributed by atoms with Crippen molar-refractivity contribution in [1.82, 2.24) is 9.78 Å². The Morgan fingerprint density at radius 2 is 2.08 bits per heavy atom. The van der Waals surface area contributed by atoms with Crippen LogP contribution in [0, 0.1) is 0 Å². The summed E-state index contributed by atoms with van der Waals surface area (Å²) in [7, 11) is 3.00. The van der Waals surface area contributed by atoms with E-state index in [4.69, 9.17) is 0 Å². The largest absolute Gasteiger partial charge is 0.464 e. The van der Waals surface area contributed by atoms with Crippen LogP contribution >= 0.6 is 0 Å². The number of oxime groups is 1. The molecule has 26 heavy (non-hydrogen) atoms. The first kappa shape index (κ1) is 17.5. The van der Waals surface area contributed by atoms with Crippen molar-refractivity contribution < 1.29 is 14.7 Å². The monoisotopic (exact) mass is 353 g/mol. The number of hydrogen-bond donors (Lipinski definition) is 1. The van der Waals surface area contributed by atoms with Crippen molar-refractivity contribution in [3.05, 3.63) is 47.2 Å². The fourth-order valence-electron chi connectivity index (χ4n) is 2.86. The molecule has 0 bridgehead atoms. The minimum atomic E-state index is -0.774. The van der Waals surface area contributed by atoms with Gasteiger partial charge in [-0.15, -0.1) is 0 Å². The number of methoxy groups -OCH3 is 1. The second-order valence-corrected chi connectivity index (χ2v) is 5.65. The number of fused-ring (bicyclic) bond motifs is 1. The lowest BCUT2D eigenvalue weighted by molar-refractivity contribution is -0.132. The Morgan fingerprint density at radius 3 is 2.69 bits per heavy atom. The van der Waals surface area contributed by atoms with Gasteiger partial charge in [0.2, 0.25) is 5.71 Å². The molecule has 2 heterocycles. The van der Waals surface area contributed by atoms with Crippen molar-refractivity contribution in [2.45, 2.75) is 13.3 Å². The van der Waals surface area contributed by atoms with Gasteiger partial charge in [0.05, 0.1) is 30.6 Å². The molecular weight excluding hydrogens is 334 g/mol. The average Bonchev–Trinajstić information content (AvgIpc) is 2.86. The maximum absolute atomic E-state index is 11.9. The van der Waals surface area contributed by atoms with Crippen molar-refractivity contribution in [3.8, 4) is 0 Å². The van der Waals surface area contributed by atoms with Crippen LogP contribution < -0.4 is 0 Å². The van der Waals surface area contributed by atoms with Crippen LogP contribution in [0.3, 0.4) is 0 Å². The first-order chi connectivity index (χ1) is 12.6. The van der Waals surface area contributed by atoms with E-state index in [9.17, 15) is 10.0 Å². The molecule has 0 unspecified atom stereocenters. The molecule has 0 amide bonds. The average molecular weight is 353 g/mol. The molecule has 0 saturated heterocycles. The standard InChI is InChI=1S/C18H19N5O3/c1-4-12-14-15(11-8-6-5-7-9-11)19-10-13(16(22-25)18(24)26-3)20-17(14)23(2)21-12/h5-9,25H,4,10H2,1-3H3. The SMILES string of the molecule is CCc1nn(C)c2c1C(c1ccccc1)=NCC(C(=NO)C(=O)OC)=N2. The number of aliphatic imine (C=N–C) groups is 2. The number of aromatic nitrogens is 2. The summed E-state index contributed by atoms with van der Waals surface area (Å²) in [6.45, 7) is 2.09. The maximum atomic E-state index is 11.9. The number of carbonyl (C=O) groups excluding carboxylic acids is 1. The molecule has 1 aromatic heterocycles. The number of nitrogens with zero attached hydrogens (tertiary/aromatic N) is 5. The van der Waals surface area contributed by atoms with Crippen LogP contribution in [0.1, 0.15) is 23.7 Å². The van der Waals surface area contributed by atoms with Gasteiger partial charge in [-0.05, 0) is 6.42 Å². The van der Waals surface area contributed by atoms with Crippen LogP contribution in [0.4, 0.5) is 5.82 Å². The molecule has 1 N–H and O–H groups in total. The first-order valence-corrected chi connectivity index (χ1v) is 8.15. The van der Waals surface area contributed by atoms with Gasteiger partial charge in [0.1, 0.15) is 5.71 Å². The number of aryl methyl sites for hydroxylation is 2. The summed E-state index contributed by atoms with van der Waals surface area (Å²) >= 11 is 0. The van der Waals surface area contributed by atoms with Crippen LogP contribution in [0.2, 0.25) is 0 Å². The Kier molecular flexibility index (Phi) is 4.92. The zero-order valence-corrected chi connectivity index (χ0v) is 14.8. The highest BCUT2D eigenvalue weighted by atomic mass is 16.5. The fraction of sp³-hybridized carbons (Fsp3) is 0.278. The molecule has 0 atom stereocenters. The maximum Gasteiger partial charge on any atom is 0.362 e. The highest BCUT2D eigenvalue weighted by molar-refractivity contribution is 6.66. The molecule has 134 valence electrons. The van der Waals surface area contributed by atoms with E-state index in [2.05, 4.69) is 25.0 Å². The number of carbonyl (C=O) groups is 1. The second-order valence-electron chi connectivity index (χ2n) is 5.65. The summed E-state index contributed by atoms with van der Waals surface area (Å²) in [6.07, 6.45) is 0.706. The normalized spacial score (nSPS) is 14.2. The lowest BCUT2D eigenvalue weighted by atomic mass is 10.0. The number of ether oxygens (including phenoxy) is 1. The lowest BCUT2D eigenvalue weighted by Gasteiger charge is -2.06. The second kappa shape index (κ2) is 7.30. The molecular formula is C18H19N5O3. The van der Waals surface area contributed by atoms with Crippen LogP contribution in [-0.2, 0) is 23.0 Å². The highest BCUT2D eigenvalue weighted by Gasteiger charge is 2.27. The number of rotatable bonds is 4. The molecule has 1 aliphatic heterocycles. The van der Waals surface area contributed by atoms with Crippen molar-refractivity contribution in [2.75, 3.05) is 13.7 Å². The molecule has 3 rings (SSSR count). The quantitative estimate of drug-likeness (QED) is 0.392. The van der Waals surface area contributed by atoms with Crippen molar-refractivity contribution >= 4 is 28.9 Å². The third-order valence-electron chi connectivity index (χ3n) is 4.09. The van der Waals surface area contributed by atoms with E-state index in [0.29, 0.717) is 12.2 Å². The summed E-state index contributed by atoms with van der Waals surface area (Å²) in [5.41, 5.74) is 3.29. The Labute approximate surface area is 150 Å². The minimum Gasteiger partial charge on any atom is -0.464 e. The first-order valence-electron chi connectivity index (χ1n) is 8.15. The molecule has 1 aromatic carbocycles. The van der Waals surface area contributed by atoms with Gasteiger partial charge in [0.15, 0.2) is 5.82 Å². The van der Waals surface area contributed by atoms with E-state index in [0.717, 1.165) is 22.5 Å². The van der Waals surface area contributed by atoms with Crippen molar-refractivity contribution in [3.63, 3.8) is 0 Å². The van der Waals surface area contributed by atoms with E-state index in [1.54, 1.807) is 11.7 Å². The van der Waals surface area contributed by atoms with Gasteiger partial charge in [0, 0.05) is 12.6 Å². The molecule has 1 aliphatic rings. The Bertz CT molecular complexity index is 926. The van der Waals surface area contributed by atoms with Gasteiger partial charge in [-0.3, -0.25) is 9.67 Å². The predicted octanol–water partition coefficient (Wildman–Crippen LogP) is 1.91. The molecule has 8 heteroatoms. The van der Waals surface area contributed by atoms with Crippen LogP contribution in [0.25, 0.3) is 0 Å². The van der Waals surface area contributed by atoms with Crippen LogP contribution in [0.15, 0.2) is 45.5 Å². The summed E-state index contributed by atoms with van der Waals surface area (Å²) < 4.78 is 6.31. The predicted molar refractivity (Wildman–Crippen MR) is 97.9 cm³/mol. The van der Waals surface area contributed by atoms with E-state index < -0.39 is 5.97 Å². The van der Waals surface area contributed by atoms with Gasteiger partial charge in [-0.2, -0.15) is 5.10 Å². The third kappa shape index (κ3) is 3.01. The van der Waals surface area contributed by atoms with Crippen molar-refractivity contribution in [2.24, 2.45) is 22.2 Å².